The van der Waals surface area contributed by atoms with E-state index < -0.39 is 6.09 Å². The molecule has 0 saturated heterocycles. The van der Waals surface area contributed by atoms with Gasteiger partial charge in [-0.3, -0.25) is 5.10 Å². The fourth-order valence-corrected chi connectivity index (χ4v) is 2.06. The molecule has 2 rings (SSSR count). The van der Waals surface area contributed by atoms with E-state index in [9.17, 15) is 4.79 Å². The van der Waals surface area contributed by atoms with Crippen molar-refractivity contribution in [1.29, 1.82) is 0 Å². The van der Waals surface area contributed by atoms with Crippen LogP contribution >= 0.6 is 0 Å². The third-order valence-electron chi connectivity index (χ3n) is 2.72. The monoisotopic (exact) mass is 210 g/mol. The van der Waals surface area contributed by atoms with Gasteiger partial charge in [0.2, 0.25) is 0 Å². The van der Waals surface area contributed by atoms with Crippen LogP contribution in [0.25, 0.3) is 0 Å². The normalized spacial score (nSPS) is 25.3. The van der Waals surface area contributed by atoms with Crippen molar-refractivity contribution in [1.82, 2.24) is 10.2 Å². The summed E-state index contributed by atoms with van der Waals surface area (Å²) in [5, 5.41) is 6.74. The summed E-state index contributed by atoms with van der Waals surface area (Å²) >= 11 is 0. The molecule has 15 heavy (non-hydrogen) atoms. The molecule has 5 N–H and O–H groups in total. The Hall–Kier alpha value is -1.72. The summed E-state index contributed by atoms with van der Waals surface area (Å²) in [5.41, 5.74) is 11.5. The minimum atomic E-state index is -0.704. The number of primary amides is 1. The van der Waals surface area contributed by atoms with Crippen molar-refractivity contribution in [3.05, 3.63) is 11.8 Å². The molecule has 1 aliphatic rings. The first-order valence-electron chi connectivity index (χ1n) is 4.92. The van der Waals surface area contributed by atoms with Gasteiger partial charge in [-0.1, -0.05) is 0 Å². The topological polar surface area (TPSA) is 107 Å². The number of nitrogens with two attached hydrogens (primary N) is 2. The number of nitrogens with one attached hydrogen (secondary N) is 1. The highest BCUT2D eigenvalue weighted by molar-refractivity contribution is 5.64. The number of nitrogens with zero attached hydrogens (tertiary/aromatic N) is 1. The molecule has 1 saturated carbocycles. The third kappa shape index (κ3) is 2.20. The van der Waals surface area contributed by atoms with Crippen molar-refractivity contribution < 1.29 is 9.53 Å². The zero-order chi connectivity index (χ0) is 10.8. The second-order valence-corrected chi connectivity index (χ2v) is 3.82. The molecule has 0 aromatic carbocycles. The Labute approximate surface area is 87.0 Å². The van der Waals surface area contributed by atoms with Gasteiger partial charge in [0.1, 0.15) is 11.9 Å². The summed E-state index contributed by atoms with van der Waals surface area (Å²) in [6.07, 6.45) is 1.80. The van der Waals surface area contributed by atoms with E-state index in [0.29, 0.717) is 11.7 Å². The van der Waals surface area contributed by atoms with Crippen LogP contribution in [0.4, 0.5) is 10.6 Å². The molecule has 0 spiro atoms. The highest BCUT2D eigenvalue weighted by Crippen LogP contribution is 2.35. The van der Waals surface area contributed by atoms with Crippen molar-refractivity contribution in [2.45, 2.75) is 31.3 Å². The standard InChI is InChI=1S/C9H14N4O2/c10-8-4-7(12-13-8)5-1-2-6(3-5)15-9(11)14/h4-6H,1-3H2,(H2,11,14)(H3,10,12,13)/t5-,6+/m0/s1. The Morgan fingerprint density at radius 1 is 1.60 bits per heavy atom. The summed E-state index contributed by atoms with van der Waals surface area (Å²) in [5.74, 6) is 0.823. The summed E-state index contributed by atoms with van der Waals surface area (Å²) in [6, 6.07) is 1.82. The van der Waals surface area contributed by atoms with E-state index in [1.807, 2.05) is 6.07 Å². The Morgan fingerprint density at radius 2 is 2.40 bits per heavy atom. The average molecular weight is 210 g/mol. The highest BCUT2D eigenvalue weighted by Gasteiger charge is 2.29. The summed E-state index contributed by atoms with van der Waals surface area (Å²) in [6.45, 7) is 0. The molecule has 0 aliphatic heterocycles. The molecular formula is C9H14N4O2. The van der Waals surface area contributed by atoms with Gasteiger partial charge < -0.3 is 16.2 Å². The lowest BCUT2D eigenvalue weighted by Gasteiger charge is -2.09. The molecule has 2 atom stereocenters. The number of H-pyrrole nitrogens is 1. The Morgan fingerprint density at radius 3 is 3.00 bits per heavy atom. The van der Waals surface area contributed by atoms with E-state index in [4.69, 9.17) is 16.2 Å². The number of aromatic nitrogens is 2. The molecule has 82 valence electrons. The van der Waals surface area contributed by atoms with Crippen LogP contribution in [0.2, 0.25) is 0 Å². The first-order chi connectivity index (χ1) is 7.15. The van der Waals surface area contributed by atoms with E-state index in [-0.39, 0.29) is 6.10 Å². The fraction of sp³-hybridized carbons (Fsp3) is 0.556. The summed E-state index contributed by atoms with van der Waals surface area (Å²) < 4.78 is 4.94. The maximum atomic E-state index is 10.6. The zero-order valence-electron chi connectivity index (χ0n) is 8.27. The van der Waals surface area contributed by atoms with Gasteiger partial charge in [0.15, 0.2) is 0 Å². The first kappa shape index (κ1) is 9.82. The molecule has 6 nitrogen and oxygen atoms in total. The molecule has 6 heteroatoms. The van der Waals surface area contributed by atoms with Crippen molar-refractivity contribution in [3.8, 4) is 0 Å². The van der Waals surface area contributed by atoms with Gasteiger partial charge in [0, 0.05) is 17.7 Å². The molecule has 1 amide bonds. The van der Waals surface area contributed by atoms with Crippen LogP contribution in [0.1, 0.15) is 30.9 Å². The maximum absolute atomic E-state index is 10.6. The first-order valence-corrected chi connectivity index (χ1v) is 4.92. The number of amides is 1. The van der Waals surface area contributed by atoms with Gasteiger partial charge in [-0.05, 0) is 19.3 Å². The van der Waals surface area contributed by atoms with E-state index in [1.54, 1.807) is 0 Å². The number of rotatable bonds is 2. The van der Waals surface area contributed by atoms with Crippen molar-refractivity contribution >= 4 is 11.9 Å². The number of aromatic amines is 1. The number of nitrogen functional groups attached to an aromatic ring is 1. The smallest absolute Gasteiger partial charge is 0.404 e. The number of carbonyl (C=O) groups is 1. The Balaban J connectivity index is 1.95. The van der Waals surface area contributed by atoms with E-state index >= 15 is 0 Å². The van der Waals surface area contributed by atoms with Crippen LogP contribution in [0.15, 0.2) is 6.07 Å². The van der Waals surface area contributed by atoms with Gasteiger partial charge >= 0.3 is 6.09 Å². The van der Waals surface area contributed by atoms with Crippen LogP contribution in [0, 0.1) is 0 Å². The molecule has 0 radical (unpaired) electrons. The lowest BCUT2D eigenvalue weighted by molar-refractivity contribution is 0.109. The second kappa shape index (κ2) is 3.80. The Bertz CT molecular complexity index is 363. The average Bonchev–Trinajstić information content (AvgIpc) is 2.72. The second-order valence-electron chi connectivity index (χ2n) is 3.82. The number of hydrogen-bond donors (Lipinski definition) is 3. The van der Waals surface area contributed by atoms with Crippen LogP contribution < -0.4 is 11.5 Å². The largest absolute Gasteiger partial charge is 0.446 e. The maximum Gasteiger partial charge on any atom is 0.404 e. The van der Waals surface area contributed by atoms with Gasteiger partial charge in [0.25, 0.3) is 0 Å². The number of anilines is 1. The quantitative estimate of drug-likeness (QED) is 0.668. The van der Waals surface area contributed by atoms with E-state index in [0.717, 1.165) is 25.0 Å². The van der Waals surface area contributed by atoms with Gasteiger partial charge in [-0.15, -0.1) is 0 Å². The summed E-state index contributed by atoms with van der Waals surface area (Å²) in [7, 11) is 0. The minimum absolute atomic E-state index is 0.0722. The summed E-state index contributed by atoms with van der Waals surface area (Å²) in [4.78, 5) is 10.6. The highest BCUT2D eigenvalue weighted by atomic mass is 16.6. The molecule has 0 unspecified atom stereocenters. The number of ether oxygens (including phenoxy) is 1. The third-order valence-corrected chi connectivity index (χ3v) is 2.72. The lowest BCUT2D eigenvalue weighted by atomic mass is 10.0. The molecule has 0 bridgehead atoms. The molecule has 1 heterocycles. The van der Waals surface area contributed by atoms with Gasteiger partial charge in [-0.2, -0.15) is 5.10 Å². The molecule has 1 fully saturated rings. The molecule has 1 aromatic rings. The molecule has 1 aliphatic carbocycles. The number of carbonyl (C=O) groups excluding carboxylic acids is 1. The van der Waals surface area contributed by atoms with Crippen molar-refractivity contribution in [3.63, 3.8) is 0 Å². The van der Waals surface area contributed by atoms with Crippen molar-refractivity contribution in [2.24, 2.45) is 5.73 Å². The SMILES string of the molecule is NC(=O)O[C@@H]1CC[C@H](c2cc(N)n[nH]2)C1. The van der Waals surface area contributed by atoms with E-state index in [2.05, 4.69) is 10.2 Å². The fourth-order valence-electron chi connectivity index (χ4n) is 2.06. The predicted octanol–water partition coefficient (Wildman–Crippen LogP) is 0.723. The van der Waals surface area contributed by atoms with Crippen LogP contribution in [-0.4, -0.2) is 22.4 Å². The molecular weight excluding hydrogens is 196 g/mol. The molecule has 1 aromatic heterocycles. The van der Waals surface area contributed by atoms with Gasteiger partial charge in [0.05, 0.1) is 0 Å². The number of hydrogen-bond acceptors (Lipinski definition) is 4. The zero-order valence-corrected chi connectivity index (χ0v) is 8.27. The predicted molar refractivity (Wildman–Crippen MR) is 54.0 cm³/mol. The minimum Gasteiger partial charge on any atom is -0.446 e. The Kier molecular flexibility index (Phi) is 2.49. The van der Waals surface area contributed by atoms with E-state index in [1.165, 1.54) is 0 Å². The van der Waals surface area contributed by atoms with Crippen molar-refractivity contribution in [2.75, 3.05) is 5.73 Å². The van der Waals surface area contributed by atoms with Gasteiger partial charge in [-0.25, -0.2) is 4.79 Å². The van der Waals surface area contributed by atoms with Crippen LogP contribution in [0.3, 0.4) is 0 Å². The lowest BCUT2D eigenvalue weighted by Crippen LogP contribution is -2.20. The van der Waals surface area contributed by atoms with Crippen LogP contribution in [0.5, 0.6) is 0 Å². The van der Waals surface area contributed by atoms with Crippen LogP contribution in [-0.2, 0) is 4.74 Å².